The number of ketones is 1. The van der Waals surface area contributed by atoms with Crippen LogP contribution >= 0.6 is 0 Å². The van der Waals surface area contributed by atoms with E-state index < -0.39 is 11.9 Å². The average Bonchev–Trinajstić information content (AvgIpc) is 2.43. The lowest BCUT2D eigenvalue weighted by Crippen LogP contribution is -2.44. The fraction of sp³-hybridized carbons (Fsp3) is 0.400. The first kappa shape index (κ1) is 16.7. The third-order valence-electron chi connectivity index (χ3n) is 2.54. The minimum atomic E-state index is -0.553. The Kier molecular flexibility index (Phi) is 6.39. The van der Waals surface area contributed by atoms with E-state index in [0.29, 0.717) is 17.7 Å². The monoisotopic (exact) mass is 292 g/mol. The Hall–Kier alpha value is -2.37. The summed E-state index contributed by atoms with van der Waals surface area (Å²) in [6, 6.07) is 5.91. The summed E-state index contributed by atoms with van der Waals surface area (Å²) in [5.41, 5.74) is 0.602. The molecule has 6 nitrogen and oxygen atoms in total. The van der Waals surface area contributed by atoms with E-state index in [1.165, 1.54) is 0 Å². The van der Waals surface area contributed by atoms with Crippen LogP contribution in [0.4, 0.5) is 4.79 Å². The molecule has 2 N–H and O–H groups in total. The van der Waals surface area contributed by atoms with Gasteiger partial charge in [0.15, 0.2) is 12.4 Å². The van der Waals surface area contributed by atoms with Gasteiger partial charge in [0.05, 0.1) is 0 Å². The van der Waals surface area contributed by atoms with E-state index in [4.69, 9.17) is 4.74 Å². The van der Waals surface area contributed by atoms with Crippen molar-refractivity contribution in [3.05, 3.63) is 29.8 Å². The predicted molar refractivity (Wildman–Crippen MR) is 78.4 cm³/mol. The van der Waals surface area contributed by atoms with Crippen molar-refractivity contribution >= 4 is 17.7 Å². The van der Waals surface area contributed by atoms with Gasteiger partial charge in [0.25, 0.3) is 5.91 Å². The summed E-state index contributed by atoms with van der Waals surface area (Å²) in [6.07, 6.45) is 0.438. The van der Waals surface area contributed by atoms with Gasteiger partial charge in [-0.15, -0.1) is 0 Å². The highest BCUT2D eigenvalue weighted by molar-refractivity contribution is 5.96. The molecule has 0 aliphatic rings. The number of hydrogen-bond acceptors (Lipinski definition) is 4. The Balaban J connectivity index is 2.43. The van der Waals surface area contributed by atoms with Crippen molar-refractivity contribution in [1.82, 2.24) is 10.6 Å². The smallest absolute Gasteiger partial charge is 0.321 e. The maximum atomic E-state index is 11.5. The quantitative estimate of drug-likeness (QED) is 0.784. The van der Waals surface area contributed by atoms with Gasteiger partial charge in [0.2, 0.25) is 0 Å². The van der Waals surface area contributed by atoms with Gasteiger partial charge >= 0.3 is 6.03 Å². The summed E-state index contributed by atoms with van der Waals surface area (Å²) >= 11 is 0. The second-order valence-corrected chi connectivity index (χ2v) is 4.77. The Labute approximate surface area is 123 Å². The van der Waals surface area contributed by atoms with Crippen LogP contribution in [0.15, 0.2) is 24.3 Å². The summed E-state index contributed by atoms with van der Waals surface area (Å²) in [6.45, 7) is 5.10. The molecule has 3 amide bonds. The lowest BCUT2D eigenvalue weighted by Gasteiger charge is -2.10. The molecule has 6 heteroatoms. The van der Waals surface area contributed by atoms with Crippen LogP contribution < -0.4 is 15.4 Å². The fourth-order valence-electron chi connectivity index (χ4n) is 1.55. The summed E-state index contributed by atoms with van der Waals surface area (Å²) < 4.78 is 5.24. The first-order valence-electron chi connectivity index (χ1n) is 6.78. The van der Waals surface area contributed by atoms with Crippen molar-refractivity contribution < 1.29 is 19.1 Å². The van der Waals surface area contributed by atoms with Crippen LogP contribution in [0, 0.1) is 0 Å². The highest BCUT2D eigenvalue weighted by Gasteiger charge is 2.09. The topological polar surface area (TPSA) is 84.5 Å². The highest BCUT2D eigenvalue weighted by Crippen LogP contribution is 2.13. The Bertz CT molecular complexity index is 509. The lowest BCUT2D eigenvalue weighted by atomic mass is 10.1. The molecule has 1 rings (SSSR count). The minimum absolute atomic E-state index is 0.0460. The zero-order valence-electron chi connectivity index (χ0n) is 12.4. The maximum Gasteiger partial charge on any atom is 0.321 e. The number of imide groups is 1. The molecule has 0 aromatic heterocycles. The fourth-order valence-corrected chi connectivity index (χ4v) is 1.55. The molecule has 0 spiro atoms. The zero-order valence-corrected chi connectivity index (χ0v) is 12.4. The SMILES string of the molecule is CCC(=O)c1ccc(OCC(=O)NC(=O)NC(C)C)cc1. The molecule has 114 valence electrons. The minimum Gasteiger partial charge on any atom is -0.484 e. The molecule has 0 radical (unpaired) electrons. The molecular weight excluding hydrogens is 272 g/mol. The molecule has 0 heterocycles. The number of ether oxygens (including phenoxy) is 1. The largest absolute Gasteiger partial charge is 0.484 e. The second kappa shape index (κ2) is 8.04. The summed E-state index contributed by atoms with van der Waals surface area (Å²) in [7, 11) is 0. The van der Waals surface area contributed by atoms with Gasteiger partial charge in [-0.2, -0.15) is 0 Å². The molecule has 0 fully saturated rings. The van der Waals surface area contributed by atoms with Gasteiger partial charge in [-0.25, -0.2) is 4.79 Å². The van der Waals surface area contributed by atoms with Crippen LogP contribution in [0.1, 0.15) is 37.6 Å². The van der Waals surface area contributed by atoms with Gasteiger partial charge in [0.1, 0.15) is 5.75 Å². The molecule has 0 bridgehead atoms. The molecule has 21 heavy (non-hydrogen) atoms. The Morgan fingerprint density at radius 2 is 1.76 bits per heavy atom. The molecule has 0 saturated heterocycles. The number of carbonyl (C=O) groups excluding carboxylic acids is 3. The number of benzene rings is 1. The van der Waals surface area contributed by atoms with Crippen LogP contribution in [0.25, 0.3) is 0 Å². The van der Waals surface area contributed by atoms with Crippen molar-refractivity contribution in [1.29, 1.82) is 0 Å². The number of rotatable bonds is 6. The average molecular weight is 292 g/mol. The standard InChI is InChI=1S/C15H20N2O4/c1-4-13(18)11-5-7-12(8-6-11)21-9-14(19)17-15(20)16-10(2)3/h5-8,10H,4,9H2,1-3H3,(H2,16,17,19,20). The summed E-state index contributed by atoms with van der Waals surface area (Å²) in [5, 5.41) is 4.69. The van der Waals surface area contributed by atoms with Crippen molar-refractivity contribution in [2.75, 3.05) is 6.61 Å². The molecule has 1 aromatic carbocycles. The van der Waals surface area contributed by atoms with Crippen LogP contribution in [-0.2, 0) is 4.79 Å². The van der Waals surface area contributed by atoms with E-state index >= 15 is 0 Å². The van der Waals surface area contributed by atoms with E-state index in [1.807, 2.05) is 0 Å². The molecule has 0 atom stereocenters. The molecular formula is C15H20N2O4. The van der Waals surface area contributed by atoms with Gasteiger partial charge in [-0.05, 0) is 38.1 Å². The first-order chi connectivity index (χ1) is 9.92. The van der Waals surface area contributed by atoms with Crippen molar-refractivity contribution in [2.24, 2.45) is 0 Å². The van der Waals surface area contributed by atoms with Gasteiger partial charge in [0, 0.05) is 18.0 Å². The van der Waals surface area contributed by atoms with Crippen LogP contribution in [0.2, 0.25) is 0 Å². The molecule has 0 aliphatic heterocycles. The first-order valence-corrected chi connectivity index (χ1v) is 6.78. The van der Waals surface area contributed by atoms with Gasteiger partial charge in [-0.1, -0.05) is 6.92 Å². The third kappa shape index (κ3) is 6.07. The number of urea groups is 1. The molecule has 0 saturated carbocycles. The number of nitrogens with one attached hydrogen (secondary N) is 2. The van der Waals surface area contributed by atoms with Crippen molar-refractivity contribution in [2.45, 2.75) is 33.2 Å². The van der Waals surface area contributed by atoms with Gasteiger partial charge < -0.3 is 10.1 Å². The number of amides is 3. The highest BCUT2D eigenvalue weighted by atomic mass is 16.5. The van der Waals surface area contributed by atoms with E-state index in [9.17, 15) is 14.4 Å². The van der Waals surface area contributed by atoms with Crippen molar-refractivity contribution in [3.8, 4) is 5.75 Å². The molecule has 0 unspecified atom stereocenters. The van der Waals surface area contributed by atoms with E-state index in [0.717, 1.165) is 0 Å². The van der Waals surface area contributed by atoms with E-state index in [-0.39, 0.29) is 18.4 Å². The van der Waals surface area contributed by atoms with Crippen LogP contribution in [0.5, 0.6) is 5.75 Å². The second-order valence-electron chi connectivity index (χ2n) is 4.77. The lowest BCUT2D eigenvalue weighted by molar-refractivity contribution is -0.122. The van der Waals surface area contributed by atoms with E-state index in [2.05, 4.69) is 10.6 Å². The van der Waals surface area contributed by atoms with Crippen LogP contribution in [-0.4, -0.2) is 30.4 Å². The summed E-state index contributed by atoms with van der Waals surface area (Å²) in [4.78, 5) is 34.2. The Morgan fingerprint density at radius 3 is 2.29 bits per heavy atom. The summed E-state index contributed by atoms with van der Waals surface area (Å²) in [5.74, 6) is -0.0337. The normalized spacial score (nSPS) is 10.1. The van der Waals surface area contributed by atoms with Gasteiger partial charge in [-0.3, -0.25) is 14.9 Å². The zero-order chi connectivity index (χ0) is 15.8. The predicted octanol–water partition coefficient (Wildman–Crippen LogP) is 1.89. The third-order valence-corrected chi connectivity index (χ3v) is 2.54. The number of Topliss-reactive ketones (excluding diaryl/α,β-unsaturated/α-hetero) is 1. The number of hydrogen-bond donors (Lipinski definition) is 2. The molecule has 1 aromatic rings. The molecule has 0 aliphatic carbocycles. The van der Waals surface area contributed by atoms with Crippen LogP contribution in [0.3, 0.4) is 0 Å². The Morgan fingerprint density at radius 1 is 1.14 bits per heavy atom. The van der Waals surface area contributed by atoms with Crippen molar-refractivity contribution in [3.63, 3.8) is 0 Å². The maximum absolute atomic E-state index is 11.5. The van der Waals surface area contributed by atoms with E-state index in [1.54, 1.807) is 45.0 Å². The number of carbonyl (C=O) groups is 3.